The minimum Gasteiger partial charge on any atom is -0.492 e. The third kappa shape index (κ3) is 1.73. The highest BCUT2D eigenvalue weighted by Gasteiger charge is 2.00. The maximum Gasteiger partial charge on any atom is 0.140 e. The van der Waals surface area contributed by atoms with E-state index in [4.69, 9.17) is 10.00 Å². The SMILES string of the molecule is CCOc1cnc(C#N)cc1C. The maximum atomic E-state index is 8.53. The van der Waals surface area contributed by atoms with Gasteiger partial charge >= 0.3 is 0 Å². The normalized spacial score (nSPS) is 9.08. The van der Waals surface area contributed by atoms with Crippen LogP contribution < -0.4 is 4.74 Å². The number of pyridine rings is 1. The molecule has 0 spiro atoms. The predicted molar refractivity (Wildman–Crippen MR) is 44.9 cm³/mol. The second-order valence-corrected chi connectivity index (χ2v) is 2.38. The molecule has 0 fully saturated rings. The molecule has 3 heteroatoms. The molecule has 1 rings (SSSR count). The summed E-state index contributed by atoms with van der Waals surface area (Å²) in [6, 6.07) is 3.68. The van der Waals surface area contributed by atoms with Gasteiger partial charge in [0, 0.05) is 0 Å². The lowest BCUT2D eigenvalue weighted by Gasteiger charge is -2.04. The zero-order chi connectivity index (χ0) is 8.97. The van der Waals surface area contributed by atoms with Gasteiger partial charge in [-0.25, -0.2) is 4.98 Å². The number of aromatic nitrogens is 1. The van der Waals surface area contributed by atoms with Gasteiger partial charge in [-0.15, -0.1) is 0 Å². The highest BCUT2D eigenvalue weighted by molar-refractivity contribution is 5.35. The second kappa shape index (κ2) is 3.72. The molecule has 3 nitrogen and oxygen atoms in total. The Bertz CT molecular complexity index is 315. The number of rotatable bonds is 2. The molecule has 0 aliphatic heterocycles. The molecule has 0 aliphatic rings. The first-order valence-electron chi connectivity index (χ1n) is 3.77. The largest absolute Gasteiger partial charge is 0.492 e. The molecule has 1 aromatic rings. The number of nitrogens with zero attached hydrogens (tertiary/aromatic N) is 2. The predicted octanol–water partition coefficient (Wildman–Crippen LogP) is 1.66. The van der Waals surface area contributed by atoms with Crippen molar-refractivity contribution in [3.63, 3.8) is 0 Å². The molecule has 12 heavy (non-hydrogen) atoms. The van der Waals surface area contributed by atoms with Crippen LogP contribution in [0.4, 0.5) is 0 Å². The molecule has 0 N–H and O–H groups in total. The van der Waals surface area contributed by atoms with Crippen LogP contribution in [0.15, 0.2) is 12.3 Å². The van der Waals surface area contributed by atoms with Crippen LogP contribution in [0.3, 0.4) is 0 Å². The van der Waals surface area contributed by atoms with Crippen LogP contribution in [0.5, 0.6) is 5.75 Å². The fraction of sp³-hybridized carbons (Fsp3) is 0.333. The smallest absolute Gasteiger partial charge is 0.140 e. The fourth-order valence-electron chi connectivity index (χ4n) is 0.911. The second-order valence-electron chi connectivity index (χ2n) is 2.38. The first kappa shape index (κ1) is 8.54. The quantitative estimate of drug-likeness (QED) is 0.664. The van der Waals surface area contributed by atoms with Crippen LogP contribution in [0, 0.1) is 18.3 Å². The summed E-state index contributed by atoms with van der Waals surface area (Å²) in [6.07, 6.45) is 1.58. The Morgan fingerprint density at radius 2 is 2.42 bits per heavy atom. The van der Waals surface area contributed by atoms with E-state index in [0.29, 0.717) is 12.3 Å². The Balaban J connectivity index is 2.97. The summed E-state index contributed by atoms with van der Waals surface area (Å²) >= 11 is 0. The molecule has 0 bridgehead atoms. The van der Waals surface area contributed by atoms with Gasteiger partial charge in [0.25, 0.3) is 0 Å². The van der Waals surface area contributed by atoms with Crippen molar-refractivity contribution in [2.45, 2.75) is 13.8 Å². The van der Waals surface area contributed by atoms with Crippen molar-refractivity contribution in [1.82, 2.24) is 4.98 Å². The van der Waals surface area contributed by atoms with Gasteiger partial charge in [-0.1, -0.05) is 0 Å². The molecule has 0 unspecified atom stereocenters. The number of aryl methyl sites for hydroxylation is 1. The first-order chi connectivity index (χ1) is 5.77. The third-order valence-corrected chi connectivity index (χ3v) is 1.48. The lowest BCUT2D eigenvalue weighted by molar-refractivity contribution is 0.336. The Morgan fingerprint density at radius 1 is 1.67 bits per heavy atom. The molecular weight excluding hydrogens is 152 g/mol. The van der Waals surface area contributed by atoms with Gasteiger partial charge in [0.15, 0.2) is 0 Å². The molecular formula is C9H10N2O. The summed E-state index contributed by atoms with van der Waals surface area (Å²) in [5, 5.41) is 8.53. The van der Waals surface area contributed by atoms with Crippen LogP contribution in [-0.2, 0) is 0 Å². The van der Waals surface area contributed by atoms with E-state index in [2.05, 4.69) is 4.98 Å². The van der Waals surface area contributed by atoms with E-state index >= 15 is 0 Å². The zero-order valence-electron chi connectivity index (χ0n) is 7.16. The molecule has 1 heterocycles. The van der Waals surface area contributed by atoms with Gasteiger partial charge in [0.1, 0.15) is 17.5 Å². The Kier molecular flexibility index (Phi) is 2.65. The van der Waals surface area contributed by atoms with Crippen LogP contribution >= 0.6 is 0 Å². The van der Waals surface area contributed by atoms with Gasteiger partial charge in [-0.3, -0.25) is 0 Å². The van der Waals surface area contributed by atoms with Gasteiger partial charge in [0.05, 0.1) is 12.8 Å². The van der Waals surface area contributed by atoms with E-state index in [1.165, 1.54) is 0 Å². The zero-order valence-corrected chi connectivity index (χ0v) is 7.16. The van der Waals surface area contributed by atoms with E-state index in [9.17, 15) is 0 Å². The van der Waals surface area contributed by atoms with Gasteiger partial charge in [0.2, 0.25) is 0 Å². The Labute approximate surface area is 71.6 Å². The number of hydrogen-bond acceptors (Lipinski definition) is 3. The van der Waals surface area contributed by atoms with Crippen LogP contribution in [0.2, 0.25) is 0 Å². The summed E-state index contributed by atoms with van der Waals surface area (Å²) in [5.41, 5.74) is 1.37. The molecule has 0 radical (unpaired) electrons. The molecule has 0 aliphatic carbocycles. The highest BCUT2D eigenvalue weighted by atomic mass is 16.5. The molecule has 0 saturated carbocycles. The van der Waals surface area contributed by atoms with Crippen molar-refractivity contribution in [1.29, 1.82) is 5.26 Å². The molecule has 1 aromatic heterocycles. The summed E-state index contributed by atoms with van der Waals surface area (Å²) in [7, 11) is 0. The topological polar surface area (TPSA) is 45.9 Å². The van der Waals surface area contributed by atoms with Crippen molar-refractivity contribution in [2.75, 3.05) is 6.61 Å². The fourth-order valence-corrected chi connectivity index (χ4v) is 0.911. The van der Waals surface area contributed by atoms with Crippen molar-refractivity contribution < 1.29 is 4.74 Å². The van der Waals surface area contributed by atoms with E-state index in [0.717, 1.165) is 11.3 Å². The standard InChI is InChI=1S/C9H10N2O/c1-3-12-9-6-11-8(5-10)4-7(9)2/h4,6H,3H2,1-2H3. The van der Waals surface area contributed by atoms with Crippen molar-refractivity contribution in [2.24, 2.45) is 0 Å². The molecule has 0 amide bonds. The Morgan fingerprint density at radius 3 is 2.92 bits per heavy atom. The molecule has 0 atom stereocenters. The summed E-state index contributed by atoms with van der Waals surface area (Å²) < 4.78 is 5.26. The van der Waals surface area contributed by atoms with Crippen LogP contribution in [0.25, 0.3) is 0 Å². The number of hydrogen-bond donors (Lipinski definition) is 0. The average molecular weight is 162 g/mol. The van der Waals surface area contributed by atoms with E-state index in [1.807, 2.05) is 19.9 Å². The van der Waals surface area contributed by atoms with E-state index < -0.39 is 0 Å². The number of nitriles is 1. The van der Waals surface area contributed by atoms with E-state index in [-0.39, 0.29) is 0 Å². The van der Waals surface area contributed by atoms with Crippen LogP contribution in [-0.4, -0.2) is 11.6 Å². The van der Waals surface area contributed by atoms with Crippen molar-refractivity contribution >= 4 is 0 Å². The van der Waals surface area contributed by atoms with Gasteiger partial charge in [-0.2, -0.15) is 5.26 Å². The molecule has 0 saturated heterocycles. The lowest BCUT2D eigenvalue weighted by atomic mass is 10.2. The minimum absolute atomic E-state index is 0.427. The number of ether oxygens (including phenoxy) is 1. The monoisotopic (exact) mass is 162 g/mol. The lowest BCUT2D eigenvalue weighted by Crippen LogP contribution is -1.95. The molecule has 62 valence electrons. The first-order valence-corrected chi connectivity index (χ1v) is 3.77. The van der Waals surface area contributed by atoms with E-state index in [1.54, 1.807) is 12.3 Å². The maximum absolute atomic E-state index is 8.53. The summed E-state index contributed by atoms with van der Waals surface area (Å²) in [4.78, 5) is 3.89. The minimum atomic E-state index is 0.427. The van der Waals surface area contributed by atoms with Gasteiger partial charge in [-0.05, 0) is 25.5 Å². The summed E-state index contributed by atoms with van der Waals surface area (Å²) in [5.74, 6) is 0.747. The van der Waals surface area contributed by atoms with Crippen LogP contribution in [0.1, 0.15) is 18.2 Å². The Hall–Kier alpha value is -1.56. The average Bonchev–Trinajstić information content (AvgIpc) is 2.09. The van der Waals surface area contributed by atoms with Crippen molar-refractivity contribution in [3.8, 4) is 11.8 Å². The third-order valence-electron chi connectivity index (χ3n) is 1.48. The summed E-state index contributed by atoms with van der Waals surface area (Å²) in [6.45, 7) is 4.43. The molecule has 0 aromatic carbocycles. The highest BCUT2D eigenvalue weighted by Crippen LogP contribution is 2.15. The van der Waals surface area contributed by atoms with Crippen molar-refractivity contribution in [3.05, 3.63) is 23.5 Å². The van der Waals surface area contributed by atoms with Gasteiger partial charge < -0.3 is 4.74 Å².